The summed E-state index contributed by atoms with van der Waals surface area (Å²) in [6.07, 6.45) is 10.6. The molecule has 2 heterocycles. The Morgan fingerprint density at radius 3 is 2.65 bits per heavy atom. The summed E-state index contributed by atoms with van der Waals surface area (Å²) in [4.78, 5) is 25.6. The Morgan fingerprint density at radius 1 is 1.22 bits per heavy atom. The summed E-state index contributed by atoms with van der Waals surface area (Å²) in [6, 6.07) is 0. The number of carbonyl (C=O) groups excluding carboxylic acids is 1. The highest BCUT2D eigenvalue weighted by Crippen LogP contribution is 2.26. The zero-order valence-electron chi connectivity index (χ0n) is 14.2. The van der Waals surface area contributed by atoms with Crippen LogP contribution < -0.4 is 0 Å². The first-order chi connectivity index (χ1) is 11.3. The van der Waals surface area contributed by atoms with E-state index in [1.807, 2.05) is 4.90 Å². The molecule has 5 nitrogen and oxygen atoms in total. The molecular formula is C18H28N4O. The van der Waals surface area contributed by atoms with Crippen LogP contribution in [0.15, 0.2) is 12.5 Å². The standard InChI is InChI=1S/C18H28N4O/c1-2-5-17-16(12-19-14-20-17)18(23)22-10-8-21(9-11-22)13-15-6-3-4-7-15/h12,14-15H,2-11,13H2,1H3. The summed E-state index contributed by atoms with van der Waals surface area (Å²) in [5, 5.41) is 0. The van der Waals surface area contributed by atoms with E-state index in [2.05, 4.69) is 21.8 Å². The normalized spacial score (nSPS) is 20.1. The fourth-order valence-corrected chi connectivity index (χ4v) is 3.83. The van der Waals surface area contributed by atoms with Crippen molar-refractivity contribution in [2.75, 3.05) is 32.7 Å². The largest absolute Gasteiger partial charge is 0.336 e. The minimum absolute atomic E-state index is 0.106. The fraction of sp³-hybridized carbons (Fsp3) is 0.722. The SMILES string of the molecule is CCCc1ncncc1C(=O)N1CCN(CC2CCCC2)CC1. The van der Waals surface area contributed by atoms with Gasteiger partial charge in [-0.15, -0.1) is 0 Å². The smallest absolute Gasteiger partial charge is 0.257 e. The summed E-state index contributed by atoms with van der Waals surface area (Å²) in [5.74, 6) is 0.991. The van der Waals surface area contributed by atoms with Gasteiger partial charge in [0, 0.05) is 38.9 Å². The van der Waals surface area contributed by atoms with E-state index in [0.29, 0.717) is 5.56 Å². The number of aryl methyl sites for hydroxylation is 1. The molecular weight excluding hydrogens is 288 g/mol. The Morgan fingerprint density at radius 2 is 1.96 bits per heavy atom. The van der Waals surface area contributed by atoms with Crippen molar-refractivity contribution in [2.45, 2.75) is 45.4 Å². The Balaban J connectivity index is 1.55. The van der Waals surface area contributed by atoms with Gasteiger partial charge in [-0.05, 0) is 25.2 Å². The molecule has 2 aliphatic rings. The van der Waals surface area contributed by atoms with Crippen molar-refractivity contribution >= 4 is 5.91 Å². The van der Waals surface area contributed by atoms with Crippen LogP contribution in [0.2, 0.25) is 0 Å². The third-order valence-corrected chi connectivity index (χ3v) is 5.16. The molecule has 1 aliphatic heterocycles. The van der Waals surface area contributed by atoms with Gasteiger partial charge in [-0.1, -0.05) is 26.2 Å². The maximum absolute atomic E-state index is 12.8. The van der Waals surface area contributed by atoms with Crippen LogP contribution in [0.25, 0.3) is 0 Å². The van der Waals surface area contributed by atoms with Crippen molar-refractivity contribution in [3.8, 4) is 0 Å². The van der Waals surface area contributed by atoms with Crippen LogP contribution in [0.4, 0.5) is 0 Å². The highest BCUT2D eigenvalue weighted by atomic mass is 16.2. The van der Waals surface area contributed by atoms with Crippen molar-refractivity contribution in [1.82, 2.24) is 19.8 Å². The van der Waals surface area contributed by atoms with Crippen LogP contribution in [0.5, 0.6) is 0 Å². The van der Waals surface area contributed by atoms with Crippen LogP contribution in [0, 0.1) is 5.92 Å². The van der Waals surface area contributed by atoms with E-state index in [9.17, 15) is 4.79 Å². The summed E-state index contributed by atoms with van der Waals surface area (Å²) in [7, 11) is 0. The highest BCUT2D eigenvalue weighted by molar-refractivity contribution is 5.95. The molecule has 1 amide bonds. The van der Waals surface area contributed by atoms with E-state index in [1.54, 1.807) is 12.5 Å². The maximum Gasteiger partial charge on any atom is 0.257 e. The van der Waals surface area contributed by atoms with E-state index in [0.717, 1.165) is 50.6 Å². The van der Waals surface area contributed by atoms with Gasteiger partial charge in [-0.2, -0.15) is 0 Å². The maximum atomic E-state index is 12.8. The number of carbonyl (C=O) groups is 1. The lowest BCUT2D eigenvalue weighted by Crippen LogP contribution is -2.49. The zero-order chi connectivity index (χ0) is 16.1. The van der Waals surface area contributed by atoms with Gasteiger partial charge < -0.3 is 4.90 Å². The minimum atomic E-state index is 0.106. The second-order valence-corrected chi connectivity index (χ2v) is 6.88. The van der Waals surface area contributed by atoms with Gasteiger partial charge in [-0.25, -0.2) is 9.97 Å². The van der Waals surface area contributed by atoms with E-state index < -0.39 is 0 Å². The summed E-state index contributed by atoms with van der Waals surface area (Å²) in [5.41, 5.74) is 1.58. The van der Waals surface area contributed by atoms with Gasteiger partial charge in [0.05, 0.1) is 11.3 Å². The van der Waals surface area contributed by atoms with Crippen LogP contribution in [-0.2, 0) is 6.42 Å². The molecule has 0 unspecified atom stereocenters. The van der Waals surface area contributed by atoms with Crippen molar-refractivity contribution in [2.24, 2.45) is 5.92 Å². The zero-order valence-corrected chi connectivity index (χ0v) is 14.2. The molecule has 3 rings (SSSR count). The molecule has 0 atom stereocenters. The number of hydrogen-bond donors (Lipinski definition) is 0. The van der Waals surface area contributed by atoms with Crippen molar-refractivity contribution in [3.63, 3.8) is 0 Å². The first-order valence-corrected chi connectivity index (χ1v) is 9.08. The summed E-state index contributed by atoms with van der Waals surface area (Å²) in [6.45, 7) is 6.98. The number of piperazine rings is 1. The van der Waals surface area contributed by atoms with Gasteiger partial charge in [0.2, 0.25) is 0 Å². The summed E-state index contributed by atoms with van der Waals surface area (Å²) >= 11 is 0. The Kier molecular flexibility index (Phi) is 5.60. The van der Waals surface area contributed by atoms with Gasteiger partial charge in [0.1, 0.15) is 6.33 Å². The number of nitrogens with zero attached hydrogens (tertiary/aromatic N) is 4. The van der Waals surface area contributed by atoms with E-state index in [-0.39, 0.29) is 5.91 Å². The third kappa shape index (κ3) is 4.08. The van der Waals surface area contributed by atoms with Crippen molar-refractivity contribution in [1.29, 1.82) is 0 Å². The molecule has 0 radical (unpaired) electrons. The molecule has 126 valence electrons. The molecule has 1 aliphatic carbocycles. The van der Waals surface area contributed by atoms with Gasteiger partial charge in [0.15, 0.2) is 0 Å². The quantitative estimate of drug-likeness (QED) is 0.837. The van der Waals surface area contributed by atoms with Gasteiger partial charge in [-0.3, -0.25) is 9.69 Å². The topological polar surface area (TPSA) is 49.3 Å². The molecule has 0 bridgehead atoms. The highest BCUT2D eigenvalue weighted by Gasteiger charge is 2.26. The Bertz CT molecular complexity index is 520. The van der Waals surface area contributed by atoms with Gasteiger partial charge >= 0.3 is 0 Å². The first-order valence-electron chi connectivity index (χ1n) is 9.08. The molecule has 1 aromatic rings. The molecule has 0 spiro atoms. The second-order valence-electron chi connectivity index (χ2n) is 6.88. The molecule has 2 fully saturated rings. The predicted octanol–water partition coefficient (Wildman–Crippen LogP) is 2.38. The molecule has 23 heavy (non-hydrogen) atoms. The monoisotopic (exact) mass is 316 g/mol. The number of hydrogen-bond acceptors (Lipinski definition) is 4. The molecule has 0 N–H and O–H groups in total. The molecule has 0 aromatic carbocycles. The minimum Gasteiger partial charge on any atom is -0.336 e. The first kappa shape index (κ1) is 16.4. The van der Waals surface area contributed by atoms with Crippen LogP contribution in [0.3, 0.4) is 0 Å². The molecule has 1 saturated carbocycles. The molecule has 5 heteroatoms. The lowest BCUT2D eigenvalue weighted by Gasteiger charge is -2.36. The number of rotatable bonds is 5. The molecule has 1 saturated heterocycles. The second kappa shape index (κ2) is 7.86. The van der Waals surface area contributed by atoms with Crippen LogP contribution in [-0.4, -0.2) is 58.4 Å². The van der Waals surface area contributed by atoms with Crippen LogP contribution in [0.1, 0.15) is 55.1 Å². The summed E-state index contributed by atoms with van der Waals surface area (Å²) < 4.78 is 0. The van der Waals surface area contributed by atoms with E-state index in [1.165, 1.54) is 32.2 Å². The Labute approximate surface area is 139 Å². The van der Waals surface area contributed by atoms with E-state index >= 15 is 0 Å². The fourth-order valence-electron chi connectivity index (χ4n) is 3.83. The predicted molar refractivity (Wildman–Crippen MR) is 90.3 cm³/mol. The van der Waals surface area contributed by atoms with Crippen molar-refractivity contribution < 1.29 is 4.79 Å². The van der Waals surface area contributed by atoms with Gasteiger partial charge in [0.25, 0.3) is 5.91 Å². The number of amides is 1. The van der Waals surface area contributed by atoms with E-state index in [4.69, 9.17) is 0 Å². The van der Waals surface area contributed by atoms with Crippen LogP contribution >= 0.6 is 0 Å². The Hall–Kier alpha value is -1.49. The average molecular weight is 316 g/mol. The third-order valence-electron chi connectivity index (χ3n) is 5.16. The average Bonchev–Trinajstić information content (AvgIpc) is 3.09. The van der Waals surface area contributed by atoms with Crippen molar-refractivity contribution in [3.05, 3.63) is 23.8 Å². The number of aromatic nitrogens is 2. The lowest BCUT2D eigenvalue weighted by atomic mass is 10.1. The molecule has 1 aromatic heterocycles. The lowest BCUT2D eigenvalue weighted by molar-refractivity contribution is 0.0616.